The van der Waals surface area contributed by atoms with Crippen molar-refractivity contribution < 1.29 is 14.4 Å². The zero-order chi connectivity index (χ0) is 26.0. The van der Waals surface area contributed by atoms with E-state index < -0.39 is 11.9 Å². The highest BCUT2D eigenvalue weighted by Crippen LogP contribution is 2.33. The highest BCUT2D eigenvalue weighted by molar-refractivity contribution is 6.05. The summed E-state index contributed by atoms with van der Waals surface area (Å²) < 4.78 is 2.04. The number of imide groups is 1. The van der Waals surface area contributed by atoms with Crippen LogP contribution in [0.3, 0.4) is 0 Å². The molecule has 0 radical (unpaired) electrons. The Morgan fingerprint density at radius 3 is 2.50 bits per heavy atom. The number of hydrogen-bond acceptors (Lipinski definition) is 5. The van der Waals surface area contributed by atoms with Gasteiger partial charge in [0.05, 0.1) is 5.69 Å². The average Bonchev–Trinajstić information content (AvgIpc) is 3.59. The van der Waals surface area contributed by atoms with Gasteiger partial charge in [0.15, 0.2) is 0 Å². The van der Waals surface area contributed by atoms with E-state index in [4.69, 9.17) is 4.98 Å². The number of nitrogens with one attached hydrogen (secondary N) is 1. The fraction of sp³-hybridized carbons (Fsp3) is 0.267. The molecular weight excluding hydrogens is 478 g/mol. The molecule has 7 rings (SSSR count). The predicted octanol–water partition coefficient (Wildman–Crippen LogP) is 3.52. The average molecular weight is 506 g/mol. The zero-order valence-corrected chi connectivity index (χ0v) is 21.1. The molecule has 1 unspecified atom stereocenters. The largest absolute Gasteiger partial charge is 0.336 e. The Balaban J connectivity index is 1.20. The highest BCUT2D eigenvalue weighted by atomic mass is 16.2. The van der Waals surface area contributed by atoms with E-state index in [2.05, 4.69) is 46.6 Å². The van der Waals surface area contributed by atoms with E-state index in [1.54, 1.807) is 4.90 Å². The number of aryl methyl sites for hydroxylation is 1. The molecule has 1 fully saturated rings. The number of benzene rings is 2. The summed E-state index contributed by atoms with van der Waals surface area (Å²) in [6, 6.07) is 18.1. The van der Waals surface area contributed by atoms with Crippen LogP contribution in [0.1, 0.15) is 45.5 Å². The van der Waals surface area contributed by atoms with Crippen LogP contribution >= 0.6 is 0 Å². The summed E-state index contributed by atoms with van der Waals surface area (Å²) in [6.07, 6.45) is 2.64. The summed E-state index contributed by atoms with van der Waals surface area (Å²) >= 11 is 0. The molecule has 5 heterocycles. The van der Waals surface area contributed by atoms with Crippen molar-refractivity contribution in [3.8, 4) is 11.3 Å². The van der Waals surface area contributed by atoms with E-state index >= 15 is 0 Å². The number of carbonyl (C=O) groups is 3. The van der Waals surface area contributed by atoms with Gasteiger partial charge in [0, 0.05) is 62.4 Å². The second-order valence-electron chi connectivity index (χ2n) is 10.5. The number of pyridine rings is 1. The predicted molar refractivity (Wildman–Crippen MR) is 142 cm³/mol. The second-order valence-corrected chi connectivity index (χ2v) is 10.5. The number of rotatable bonds is 4. The molecule has 8 nitrogen and oxygen atoms in total. The van der Waals surface area contributed by atoms with E-state index in [-0.39, 0.29) is 18.2 Å². The van der Waals surface area contributed by atoms with Crippen LogP contribution < -0.4 is 5.32 Å². The van der Waals surface area contributed by atoms with Crippen molar-refractivity contribution in [3.63, 3.8) is 0 Å². The first-order valence-corrected chi connectivity index (χ1v) is 13.0. The van der Waals surface area contributed by atoms with Crippen molar-refractivity contribution in [1.29, 1.82) is 0 Å². The Hall–Kier alpha value is -4.30. The maximum atomic E-state index is 13.1. The maximum Gasteiger partial charge on any atom is 0.255 e. The van der Waals surface area contributed by atoms with Crippen LogP contribution in [0, 0.1) is 0 Å². The Kier molecular flexibility index (Phi) is 5.19. The Labute approximate surface area is 219 Å². The third-order valence-corrected chi connectivity index (χ3v) is 8.04. The van der Waals surface area contributed by atoms with Gasteiger partial charge in [0.25, 0.3) is 5.91 Å². The quantitative estimate of drug-likeness (QED) is 0.429. The van der Waals surface area contributed by atoms with Gasteiger partial charge in [-0.05, 0) is 52.9 Å². The maximum absolute atomic E-state index is 13.1. The second kappa shape index (κ2) is 8.63. The van der Waals surface area contributed by atoms with Crippen molar-refractivity contribution in [3.05, 3.63) is 88.6 Å². The summed E-state index contributed by atoms with van der Waals surface area (Å²) in [4.78, 5) is 46.2. The van der Waals surface area contributed by atoms with Crippen molar-refractivity contribution in [2.24, 2.45) is 7.05 Å². The van der Waals surface area contributed by atoms with Crippen LogP contribution in [0.4, 0.5) is 0 Å². The minimum absolute atomic E-state index is 0.166. The number of amides is 3. The Bertz CT molecular complexity index is 1630. The lowest BCUT2D eigenvalue weighted by Gasteiger charge is -2.29. The van der Waals surface area contributed by atoms with Gasteiger partial charge in [0.2, 0.25) is 11.8 Å². The highest BCUT2D eigenvalue weighted by Gasteiger charge is 2.39. The molecule has 2 aromatic carbocycles. The van der Waals surface area contributed by atoms with Crippen molar-refractivity contribution in [2.75, 3.05) is 0 Å². The lowest BCUT2D eigenvalue weighted by atomic mass is 10.0. The smallest absolute Gasteiger partial charge is 0.255 e. The number of aromatic nitrogens is 2. The number of piperidine rings is 1. The number of nitrogens with zero attached hydrogens (tertiary/aromatic N) is 4. The number of fused-ring (bicyclic) bond motifs is 3. The summed E-state index contributed by atoms with van der Waals surface area (Å²) in [5, 5.41) is 3.51. The molecule has 0 spiro atoms. The standard InChI is InChI=1S/C30H27N5O3/c1-33-11-10-23-22(16-34-14-19-4-2-3-5-20(19)15-34)13-25(31-28(23)33)18-6-7-24-21(12-18)17-35(30(24)38)26-8-9-27(36)32-29(26)37/h2-7,10-13,26H,8-9,14-17H2,1H3,(H,32,36,37). The van der Waals surface area contributed by atoms with Gasteiger partial charge in [0.1, 0.15) is 11.7 Å². The molecule has 2 aromatic heterocycles. The Morgan fingerprint density at radius 1 is 0.947 bits per heavy atom. The lowest BCUT2D eigenvalue weighted by Crippen LogP contribution is -2.52. The third-order valence-electron chi connectivity index (χ3n) is 8.04. The molecule has 4 aromatic rings. The third kappa shape index (κ3) is 3.71. The number of hydrogen-bond donors (Lipinski definition) is 1. The first-order chi connectivity index (χ1) is 18.4. The van der Waals surface area contributed by atoms with Gasteiger partial charge in [-0.3, -0.25) is 24.6 Å². The summed E-state index contributed by atoms with van der Waals surface area (Å²) in [5.74, 6) is -0.846. The normalized spacial score (nSPS) is 19.2. The minimum atomic E-state index is -0.620. The van der Waals surface area contributed by atoms with Crippen molar-refractivity contribution in [1.82, 2.24) is 24.7 Å². The molecule has 190 valence electrons. The molecular formula is C30H27N5O3. The van der Waals surface area contributed by atoms with Crippen LogP contribution in [-0.4, -0.2) is 43.1 Å². The van der Waals surface area contributed by atoms with Gasteiger partial charge < -0.3 is 9.47 Å². The molecule has 1 atom stereocenters. The van der Waals surface area contributed by atoms with E-state index in [0.717, 1.165) is 47.5 Å². The van der Waals surface area contributed by atoms with Gasteiger partial charge in [-0.1, -0.05) is 30.3 Å². The van der Waals surface area contributed by atoms with E-state index in [0.29, 0.717) is 18.5 Å². The molecule has 38 heavy (non-hydrogen) atoms. The molecule has 0 aliphatic carbocycles. The van der Waals surface area contributed by atoms with Crippen LogP contribution in [0.5, 0.6) is 0 Å². The fourth-order valence-electron chi connectivity index (χ4n) is 6.07. The molecule has 3 amide bonds. The fourth-order valence-corrected chi connectivity index (χ4v) is 6.07. The lowest BCUT2D eigenvalue weighted by molar-refractivity contribution is -0.136. The molecule has 8 heteroatoms. The first-order valence-electron chi connectivity index (χ1n) is 13.0. The van der Waals surface area contributed by atoms with Gasteiger partial charge in [-0.15, -0.1) is 0 Å². The monoisotopic (exact) mass is 505 g/mol. The molecule has 1 N–H and O–H groups in total. The van der Waals surface area contributed by atoms with Crippen molar-refractivity contribution >= 4 is 28.8 Å². The van der Waals surface area contributed by atoms with Crippen LogP contribution in [0.25, 0.3) is 22.3 Å². The first kappa shape index (κ1) is 22.9. The molecule has 1 saturated heterocycles. The van der Waals surface area contributed by atoms with Crippen LogP contribution in [0.2, 0.25) is 0 Å². The topological polar surface area (TPSA) is 87.5 Å². The molecule has 3 aliphatic heterocycles. The molecule has 3 aliphatic rings. The summed E-state index contributed by atoms with van der Waals surface area (Å²) in [5.41, 5.74) is 8.20. The van der Waals surface area contributed by atoms with E-state index in [9.17, 15) is 14.4 Å². The van der Waals surface area contributed by atoms with E-state index in [1.165, 1.54) is 16.7 Å². The summed E-state index contributed by atoms with van der Waals surface area (Å²) in [6.45, 7) is 3.02. The molecule has 0 bridgehead atoms. The minimum Gasteiger partial charge on any atom is -0.336 e. The summed E-state index contributed by atoms with van der Waals surface area (Å²) in [7, 11) is 2.01. The van der Waals surface area contributed by atoms with Crippen LogP contribution in [-0.2, 0) is 42.8 Å². The van der Waals surface area contributed by atoms with Gasteiger partial charge in [-0.25, -0.2) is 4.98 Å². The van der Waals surface area contributed by atoms with Crippen molar-refractivity contribution in [2.45, 2.75) is 45.1 Å². The Morgan fingerprint density at radius 2 is 1.74 bits per heavy atom. The number of carbonyl (C=O) groups excluding carboxylic acids is 3. The van der Waals surface area contributed by atoms with Gasteiger partial charge in [-0.2, -0.15) is 0 Å². The van der Waals surface area contributed by atoms with Crippen LogP contribution in [0.15, 0.2) is 60.8 Å². The van der Waals surface area contributed by atoms with E-state index in [1.807, 2.05) is 36.0 Å². The SMILES string of the molecule is Cn1ccc2c(CN3Cc4ccccc4C3)cc(-c3ccc4c(c3)CN(C3CCC(=O)NC3=O)C4=O)nc21. The zero-order valence-electron chi connectivity index (χ0n) is 21.1. The van der Waals surface area contributed by atoms with Gasteiger partial charge >= 0.3 is 0 Å². The molecule has 0 saturated carbocycles.